The first-order chi connectivity index (χ1) is 13.0. The molecule has 6 heteroatoms. The van der Waals surface area contributed by atoms with Crippen LogP contribution >= 0.6 is 0 Å². The molecule has 0 aliphatic carbocycles. The van der Waals surface area contributed by atoms with Gasteiger partial charge in [0.05, 0.1) is 12.3 Å². The van der Waals surface area contributed by atoms with E-state index in [2.05, 4.69) is 4.98 Å². The van der Waals surface area contributed by atoms with Crippen molar-refractivity contribution in [2.45, 2.75) is 26.7 Å². The van der Waals surface area contributed by atoms with Gasteiger partial charge in [0, 0.05) is 45.9 Å². The Hall–Kier alpha value is -2.89. The summed E-state index contributed by atoms with van der Waals surface area (Å²) < 4.78 is 5.62. The van der Waals surface area contributed by atoms with Gasteiger partial charge in [-0.05, 0) is 43.2 Å². The third-order valence-corrected chi connectivity index (χ3v) is 4.30. The summed E-state index contributed by atoms with van der Waals surface area (Å²) in [6.45, 7) is 4.85. The summed E-state index contributed by atoms with van der Waals surface area (Å²) >= 11 is 0. The van der Waals surface area contributed by atoms with Crippen LogP contribution in [-0.2, 0) is 16.0 Å². The van der Waals surface area contributed by atoms with E-state index in [1.54, 1.807) is 29.2 Å². The first-order valence-electron chi connectivity index (χ1n) is 9.15. The van der Waals surface area contributed by atoms with E-state index in [4.69, 9.17) is 4.74 Å². The number of ether oxygens (including phenoxy) is 1. The van der Waals surface area contributed by atoms with Gasteiger partial charge in [-0.2, -0.15) is 0 Å². The van der Waals surface area contributed by atoms with Gasteiger partial charge in [-0.3, -0.25) is 14.6 Å². The maximum Gasteiger partial charge on any atom is 0.224 e. The summed E-state index contributed by atoms with van der Waals surface area (Å²) in [5, 5.41) is 0. The molecular weight excluding hydrogens is 342 g/mol. The standard InChI is InChI=1S/C21H27N3O3/c1-4-27-20-8-6-5-7-19(20)24(17(2)25)16-12-21(26)23(3)15-11-18-9-13-22-14-10-18/h5-10,13-14H,4,11-12,15-16H2,1-3H3. The molecule has 27 heavy (non-hydrogen) atoms. The van der Waals surface area contributed by atoms with Crippen LogP contribution in [0.2, 0.25) is 0 Å². The largest absolute Gasteiger partial charge is 0.492 e. The fourth-order valence-electron chi connectivity index (χ4n) is 2.77. The molecule has 2 amide bonds. The molecule has 0 aliphatic heterocycles. The highest BCUT2D eigenvalue weighted by Crippen LogP contribution is 2.28. The number of rotatable bonds is 9. The van der Waals surface area contributed by atoms with Gasteiger partial charge < -0.3 is 14.5 Å². The zero-order valence-electron chi connectivity index (χ0n) is 16.2. The summed E-state index contributed by atoms with van der Waals surface area (Å²) in [5.74, 6) is 0.535. The summed E-state index contributed by atoms with van der Waals surface area (Å²) in [6.07, 6.45) is 4.52. The highest BCUT2D eigenvalue weighted by atomic mass is 16.5. The number of pyridine rings is 1. The first-order valence-corrected chi connectivity index (χ1v) is 9.15. The summed E-state index contributed by atoms with van der Waals surface area (Å²) in [4.78, 5) is 31.9. The van der Waals surface area contributed by atoms with Crippen LogP contribution in [0.3, 0.4) is 0 Å². The molecule has 0 N–H and O–H groups in total. The van der Waals surface area contributed by atoms with Gasteiger partial charge >= 0.3 is 0 Å². The highest BCUT2D eigenvalue weighted by molar-refractivity contribution is 5.93. The quantitative estimate of drug-likeness (QED) is 0.682. The van der Waals surface area contributed by atoms with Crippen molar-refractivity contribution in [3.63, 3.8) is 0 Å². The van der Waals surface area contributed by atoms with Crippen LogP contribution in [0.15, 0.2) is 48.8 Å². The Morgan fingerprint density at radius 3 is 2.44 bits per heavy atom. The maximum absolute atomic E-state index is 12.5. The minimum absolute atomic E-state index is 0.00389. The van der Waals surface area contributed by atoms with E-state index in [1.807, 2.05) is 43.3 Å². The lowest BCUT2D eigenvalue weighted by atomic mass is 10.2. The van der Waals surface area contributed by atoms with Crippen molar-refractivity contribution < 1.29 is 14.3 Å². The SMILES string of the molecule is CCOc1ccccc1N(CCC(=O)N(C)CCc1ccncc1)C(C)=O. The normalized spacial score (nSPS) is 10.3. The topological polar surface area (TPSA) is 62.7 Å². The van der Waals surface area contributed by atoms with Crippen molar-refractivity contribution >= 4 is 17.5 Å². The van der Waals surface area contributed by atoms with E-state index >= 15 is 0 Å². The van der Waals surface area contributed by atoms with Gasteiger partial charge in [0.1, 0.15) is 5.75 Å². The molecule has 2 aromatic rings. The molecule has 0 bridgehead atoms. The van der Waals surface area contributed by atoms with Gasteiger partial charge in [0.25, 0.3) is 0 Å². The molecule has 0 unspecified atom stereocenters. The van der Waals surface area contributed by atoms with Gasteiger partial charge in [-0.1, -0.05) is 12.1 Å². The average Bonchev–Trinajstić information content (AvgIpc) is 2.68. The fourth-order valence-corrected chi connectivity index (χ4v) is 2.77. The van der Waals surface area contributed by atoms with Crippen LogP contribution in [0.4, 0.5) is 5.69 Å². The zero-order chi connectivity index (χ0) is 19.6. The molecule has 0 aliphatic rings. The van der Waals surface area contributed by atoms with E-state index in [0.29, 0.717) is 31.1 Å². The second kappa shape index (κ2) is 10.3. The number of amides is 2. The minimum atomic E-state index is -0.116. The minimum Gasteiger partial charge on any atom is -0.492 e. The number of nitrogens with zero attached hydrogens (tertiary/aromatic N) is 3. The molecule has 2 rings (SSSR count). The lowest BCUT2D eigenvalue weighted by Crippen LogP contribution is -2.35. The van der Waals surface area contributed by atoms with Crippen LogP contribution in [0.25, 0.3) is 0 Å². The lowest BCUT2D eigenvalue weighted by molar-refractivity contribution is -0.129. The Balaban J connectivity index is 1.95. The number of para-hydroxylation sites is 2. The van der Waals surface area contributed by atoms with Gasteiger partial charge in [-0.15, -0.1) is 0 Å². The molecule has 1 heterocycles. The predicted octanol–water partition coefficient (Wildman–Crippen LogP) is 2.92. The van der Waals surface area contributed by atoms with E-state index in [0.717, 1.165) is 12.0 Å². The number of likely N-dealkylation sites (N-methyl/N-ethyl adjacent to an activating group) is 1. The molecular formula is C21H27N3O3. The lowest BCUT2D eigenvalue weighted by Gasteiger charge is -2.25. The molecule has 0 saturated carbocycles. The van der Waals surface area contributed by atoms with Gasteiger partial charge in [0.15, 0.2) is 0 Å². The molecule has 0 atom stereocenters. The van der Waals surface area contributed by atoms with Crippen LogP contribution in [0, 0.1) is 0 Å². The third kappa shape index (κ3) is 6.09. The van der Waals surface area contributed by atoms with Crippen LogP contribution in [0.5, 0.6) is 5.75 Å². The smallest absolute Gasteiger partial charge is 0.224 e. The van der Waals surface area contributed by atoms with Crippen molar-refractivity contribution in [2.24, 2.45) is 0 Å². The predicted molar refractivity (Wildman–Crippen MR) is 106 cm³/mol. The van der Waals surface area contributed by atoms with E-state index in [-0.39, 0.29) is 18.2 Å². The Morgan fingerprint density at radius 1 is 1.07 bits per heavy atom. The Morgan fingerprint density at radius 2 is 1.78 bits per heavy atom. The molecule has 6 nitrogen and oxygen atoms in total. The van der Waals surface area contributed by atoms with Crippen LogP contribution in [-0.4, -0.2) is 48.4 Å². The van der Waals surface area contributed by atoms with Crippen molar-refractivity contribution in [1.82, 2.24) is 9.88 Å². The molecule has 0 saturated heterocycles. The fraction of sp³-hybridized carbons (Fsp3) is 0.381. The molecule has 0 radical (unpaired) electrons. The monoisotopic (exact) mass is 369 g/mol. The summed E-state index contributed by atoms with van der Waals surface area (Å²) in [7, 11) is 1.79. The van der Waals surface area contributed by atoms with E-state index < -0.39 is 0 Å². The molecule has 144 valence electrons. The maximum atomic E-state index is 12.5. The highest BCUT2D eigenvalue weighted by Gasteiger charge is 2.18. The van der Waals surface area contributed by atoms with Crippen molar-refractivity contribution in [2.75, 3.05) is 31.6 Å². The number of carbonyl (C=O) groups excluding carboxylic acids is 2. The second-order valence-electron chi connectivity index (χ2n) is 6.24. The number of hydrogen-bond donors (Lipinski definition) is 0. The number of anilines is 1. The summed E-state index contributed by atoms with van der Waals surface area (Å²) in [5.41, 5.74) is 1.83. The molecule has 0 fully saturated rings. The molecule has 1 aromatic carbocycles. The molecule has 1 aromatic heterocycles. The van der Waals surface area contributed by atoms with E-state index in [9.17, 15) is 9.59 Å². The molecule has 0 spiro atoms. The van der Waals surface area contributed by atoms with Crippen molar-refractivity contribution in [1.29, 1.82) is 0 Å². The van der Waals surface area contributed by atoms with Crippen molar-refractivity contribution in [3.05, 3.63) is 54.4 Å². The first kappa shape index (κ1) is 20.4. The Kier molecular flexibility index (Phi) is 7.79. The van der Waals surface area contributed by atoms with Crippen LogP contribution in [0.1, 0.15) is 25.8 Å². The summed E-state index contributed by atoms with van der Waals surface area (Å²) in [6, 6.07) is 11.3. The van der Waals surface area contributed by atoms with E-state index in [1.165, 1.54) is 6.92 Å². The second-order valence-corrected chi connectivity index (χ2v) is 6.24. The Labute approximate surface area is 160 Å². The Bertz CT molecular complexity index is 749. The third-order valence-electron chi connectivity index (χ3n) is 4.30. The number of benzene rings is 1. The number of hydrogen-bond acceptors (Lipinski definition) is 4. The zero-order valence-corrected chi connectivity index (χ0v) is 16.2. The van der Waals surface area contributed by atoms with Gasteiger partial charge in [0.2, 0.25) is 11.8 Å². The van der Waals surface area contributed by atoms with Gasteiger partial charge in [-0.25, -0.2) is 0 Å². The average molecular weight is 369 g/mol. The number of carbonyl (C=O) groups is 2. The number of aromatic nitrogens is 1. The van der Waals surface area contributed by atoms with Crippen molar-refractivity contribution in [3.8, 4) is 5.75 Å². The van der Waals surface area contributed by atoms with Crippen LogP contribution < -0.4 is 9.64 Å².